The molecule has 10 heteroatoms. The summed E-state index contributed by atoms with van der Waals surface area (Å²) in [7, 11) is -3.52. The number of aryl methyl sites for hydroxylation is 2. The van der Waals surface area contributed by atoms with Gasteiger partial charge < -0.3 is 4.90 Å². The average molecular weight is 499 g/mol. The highest BCUT2D eigenvalue weighted by atomic mass is 32.2. The minimum Gasteiger partial charge on any atom is -0.307 e. The summed E-state index contributed by atoms with van der Waals surface area (Å²) in [6.45, 7) is 4.11. The van der Waals surface area contributed by atoms with Crippen LogP contribution in [0.25, 0.3) is 10.2 Å². The SMILES string of the molecule is Cc1c(C(=O)N2CCc3cc(S(=O)(=O)N4CCCCC4)ccc32)sc2nc3n(c(=O)c12)CCC3. The lowest BCUT2D eigenvalue weighted by Gasteiger charge is -2.26. The van der Waals surface area contributed by atoms with Crippen molar-refractivity contribution in [2.75, 3.05) is 24.5 Å². The normalized spacial score (nSPS) is 18.4. The Morgan fingerprint density at radius 3 is 2.62 bits per heavy atom. The summed E-state index contributed by atoms with van der Waals surface area (Å²) in [5.74, 6) is 0.641. The van der Waals surface area contributed by atoms with Crippen LogP contribution in [0.15, 0.2) is 27.9 Å². The summed E-state index contributed by atoms with van der Waals surface area (Å²) in [4.78, 5) is 34.4. The highest BCUT2D eigenvalue weighted by molar-refractivity contribution is 7.89. The number of nitrogens with zero attached hydrogens (tertiary/aromatic N) is 4. The molecule has 0 saturated carbocycles. The largest absolute Gasteiger partial charge is 0.307 e. The van der Waals surface area contributed by atoms with Crippen LogP contribution in [0.2, 0.25) is 0 Å². The zero-order valence-corrected chi connectivity index (χ0v) is 20.7. The Kier molecular flexibility index (Phi) is 5.16. The van der Waals surface area contributed by atoms with Crippen molar-refractivity contribution in [3.63, 3.8) is 0 Å². The number of sulfonamides is 1. The summed E-state index contributed by atoms with van der Waals surface area (Å²) < 4.78 is 29.5. The van der Waals surface area contributed by atoms with E-state index in [1.807, 2.05) is 6.92 Å². The maximum Gasteiger partial charge on any atom is 0.268 e. The van der Waals surface area contributed by atoms with Gasteiger partial charge in [0.15, 0.2) is 0 Å². The Bertz CT molecular complexity index is 1500. The van der Waals surface area contributed by atoms with E-state index in [-0.39, 0.29) is 11.5 Å². The number of carbonyl (C=O) groups is 1. The Morgan fingerprint density at radius 1 is 1.03 bits per heavy atom. The average Bonchev–Trinajstić information content (AvgIpc) is 3.56. The van der Waals surface area contributed by atoms with E-state index in [1.165, 1.54) is 11.3 Å². The third-order valence-corrected chi connectivity index (χ3v) is 10.3. The molecule has 0 unspecified atom stereocenters. The van der Waals surface area contributed by atoms with E-state index in [0.29, 0.717) is 58.2 Å². The molecular formula is C24H26N4O4S2. The highest BCUT2D eigenvalue weighted by Crippen LogP contribution is 2.36. The molecular weight excluding hydrogens is 472 g/mol. The van der Waals surface area contributed by atoms with Gasteiger partial charge in [-0.2, -0.15) is 4.31 Å². The van der Waals surface area contributed by atoms with Crippen LogP contribution in [0, 0.1) is 6.92 Å². The van der Waals surface area contributed by atoms with Crippen LogP contribution in [-0.2, 0) is 29.4 Å². The van der Waals surface area contributed by atoms with E-state index >= 15 is 0 Å². The van der Waals surface area contributed by atoms with Crippen LogP contribution in [0.1, 0.15) is 52.3 Å². The Labute approximate surface area is 201 Å². The molecule has 3 aromatic rings. The lowest BCUT2D eigenvalue weighted by molar-refractivity contribution is 0.0993. The van der Waals surface area contributed by atoms with Gasteiger partial charge in [0.1, 0.15) is 10.7 Å². The van der Waals surface area contributed by atoms with Crippen LogP contribution in [0.5, 0.6) is 0 Å². The molecule has 3 aliphatic rings. The fourth-order valence-electron chi connectivity index (χ4n) is 5.41. The molecule has 1 aromatic carbocycles. The zero-order chi connectivity index (χ0) is 23.6. The minimum atomic E-state index is -3.52. The number of carbonyl (C=O) groups excluding carboxylic acids is 1. The first-order valence-corrected chi connectivity index (χ1v) is 14.1. The first-order chi connectivity index (χ1) is 16.4. The van der Waals surface area contributed by atoms with Gasteiger partial charge in [0.25, 0.3) is 11.5 Å². The molecule has 0 spiro atoms. The zero-order valence-electron chi connectivity index (χ0n) is 19.0. The molecule has 0 atom stereocenters. The molecule has 1 saturated heterocycles. The fourth-order valence-corrected chi connectivity index (χ4v) is 8.11. The molecule has 6 rings (SSSR count). The van der Waals surface area contributed by atoms with Gasteiger partial charge in [-0.1, -0.05) is 6.42 Å². The molecule has 1 amide bonds. The van der Waals surface area contributed by atoms with Crippen LogP contribution in [-0.4, -0.2) is 47.8 Å². The Hall–Kier alpha value is -2.56. The quantitative estimate of drug-likeness (QED) is 0.553. The summed E-state index contributed by atoms with van der Waals surface area (Å²) in [6, 6.07) is 5.09. The van der Waals surface area contributed by atoms with Crippen molar-refractivity contribution in [2.45, 2.75) is 56.9 Å². The van der Waals surface area contributed by atoms with Crippen LogP contribution in [0.3, 0.4) is 0 Å². The number of aromatic nitrogens is 2. The summed E-state index contributed by atoms with van der Waals surface area (Å²) in [5, 5.41) is 0.543. The number of hydrogen-bond acceptors (Lipinski definition) is 6. The predicted molar refractivity (Wildman–Crippen MR) is 131 cm³/mol. The van der Waals surface area contributed by atoms with Crippen molar-refractivity contribution in [1.82, 2.24) is 13.9 Å². The molecule has 0 bridgehead atoms. The van der Waals surface area contributed by atoms with Gasteiger partial charge in [-0.15, -0.1) is 11.3 Å². The highest BCUT2D eigenvalue weighted by Gasteiger charge is 2.32. The number of rotatable bonds is 3. The standard InChI is InChI=1S/C24H26N4O4S2/c1-15-20-22(25-19-6-5-12-28(19)23(20)29)33-21(15)24(30)27-13-9-16-14-17(7-8-18(16)27)34(31,32)26-10-3-2-4-11-26/h7-8,14H,2-6,9-13H2,1H3. The van der Waals surface area contributed by atoms with Crippen molar-refractivity contribution >= 4 is 43.2 Å². The monoisotopic (exact) mass is 498 g/mol. The molecule has 0 N–H and O–H groups in total. The third-order valence-electron chi connectivity index (χ3n) is 7.25. The van der Waals surface area contributed by atoms with Gasteiger partial charge in [-0.25, -0.2) is 13.4 Å². The van der Waals surface area contributed by atoms with Crippen molar-refractivity contribution in [3.05, 3.63) is 50.4 Å². The van der Waals surface area contributed by atoms with Gasteiger partial charge >= 0.3 is 0 Å². The van der Waals surface area contributed by atoms with E-state index in [0.717, 1.165) is 49.2 Å². The van der Waals surface area contributed by atoms with Crippen molar-refractivity contribution in [3.8, 4) is 0 Å². The molecule has 34 heavy (non-hydrogen) atoms. The molecule has 0 radical (unpaired) electrons. The lowest BCUT2D eigenvalue weighted by Crippen LogP contribution is -2.35. The number of amides is 1. The van der Waals surface area contributed by atoms with Gasteiger partial charge in [0.05, 0.1) is 15.2 Å². The van der Waals surface area contributed by atoms with E-state index in [2.05, 4.69) is 4.98 Å². The lowest BCUT2D eigenvalue weighted by atomic mass is 10.1. The van der Waals surface area contributed by atoms with Gasteiger partial charge in [0.2, 0.25) is 10.0 Å². The maximum absolute atomic E-state index is 13.6. The van der Waals surface area contributed by atoms with Crippen molar-refractivity contribution in [1.29, 1.82) is 0 Å². The third kappa shape index (κ3) is 3.26. The first kappa shape index (κ1) is 21.9. The smallest absolute Gasteiger partial charge is 0.268 e. The van der Waals surface area contributed by atoms with E-state index in [1.54, 1.807) is 32.0 Å². The van der Waals surface area contributed by atoms with Gasteiger partial charge in [-0.05, 0) is 61.9 Å². The number of thiophene rings is 1. The minimum absolute atomic E-state index is 0.0558. The Balaban J connectivity index is 1.34. The second kappa shape index (κ2) is 8.00. The summed E-state index contributed by atoms with van der Waals surface area (Å²) in [6.07, 6.45) is 5.15. The second-order valence-corrected chi connectivity index (χ2v) is 12.2. The molecule has 8 nitrogen and oxygen atoms in total. The Morgan fingerprint density at radius 2 is 1.82 bits per heavy atom. The predicted octanol–water partition coefficient (Wildman–Crippen LogP) is 3.09. The molecule has 2 aromatic heterocycles. The second-order valence-electron chi connectivity index (χ2n) is 9.29. The summed E-state index contributed by atoms with van der Waals surface area (Å²) >= 11 is 1.28. The molecule has 3 aliphatic heterocycles. The van der Waals surface area contributed by atoms with Crippen LogP contribution < -0.4 is 10.5 Å². The van der Waals surface area contributed by atoms with Crippen LogP contribution >= 0.6 is 11.3 Å². The number of piperidine rings is 1. The molecule has 1 fully saturated rings. The topological polar surface area (TPSA) is 92.6 Å². The van der Waals surface area contributed by atoms with Crippen LogP contribution in [0.4, 0.5) is 5.69 Å². The summed E-state index contributed by atoms with van der Waals surface area (Å²) in [5.41, 5.74) is 2.23. The van der Waals surface area contributed by atoms with E-state index in [9.17, 15) is 18.0 Å². The van der Waals surface area contributed by atoms with E-state index in [4.69, 9.17) is 0 Å². The number of fused-ring (bicyclic) bond motifs is 3. The molecule has 178 valence electrons. The first-order valence-electron chi connectivity index (χ1n) is 11.8. The fraction of sp³-hybridized carbons (Fsp3) is 0.458. The van der Waals surface area contributed by atoms with Gasteiger partial charge in [0, 0.05) is 38.3 Å². The molecule has 5 heterocycles. The number of hydrogen-bond donors (Lipinski definition) is 0. The maximum atomic E-state index is 13.6. The number of benzene rings is 1. The molecule has 0 aliphatic carbocycles. The van der Waals surface area contributed by atoms with E-state index < -0.39 is 10.0 Å². The number of anilines is 1. The van der Waals surface area contributed by atoms with Gasteiger partial charge in [-0.3, -0.25) is 14.2 Å². The van der Waals surface area contributed by atoms with Crippen molar-refractivity contribution < 1.29 is 13.2 Å². The van der Waals surface area contributed by atoms with Crippen molar-refractivity contribution in [2.24, 2.45) is 0 Å².